The second-order valence-corrected chi connectivity index (χ2v) is 6.96. The first-order valence-electron chi connectivity index (χ1n) is 9.55. The number of methoxy groups -OCH3 is 2. The van der Waals surface area contributed by atoms with E-state index in [9.17, 15) is 14.7 Å². The maximum absolute atomic E-state index is 12.6. The summed E-state index contributed by atoms with van der Waals surface area (Å²) < 4.78 is 9.98. The number of nitrogens with zero attached hydrogens (tertiary/aromatic N) is 1. The number of carbonyl (C=O) groups is 2. The third kappa shape index (κ3) is 4.77. The van der Waals surface area contributed by atoms with E-state index in [0.717, 1.165) is 12.8 Å². The van der Waals surface area contributed by atoms with Gasteiger partial charge in [0.2, 0.25) is 0 Å². The topological polar surface area (TPSA) is 76.1 Å². The third-order valence-corrected chi connectivity index (χ3v) is 5.14. The summed E-state index contributed by atoms with van der Waals surface area (Å²) in [7, 11) is 2.78. The molecular weight excluding hydrogens is 370 g/mol. The standard InChI is InChI=1S/C23H25NO5/c1-28-19-14-18(21(20(25)15-19)23(27)29-2)9-8-16-10-12-24(13-11-16)22(26)17-6-4-3-5-7-17/h3-9,14-16,25H,10-13H2,1-2H3/b9-8+. The summed E-state index contributed by atoms with van der Waals surface area (Å²) in [6.07, 6.45) is 5.50. The van der Waals surface area contributed by atoms with Crippen LogP contribution in [0.5, 0.6) is 11.5 Å². The number of aromatic hydroxyl groups is 1. The Morgan fingerprint density at radius 3 is 2.41 bits per heavy atom. The minimum Gasteiger partial charge on any atom is -0.507 e. The molecule has 0 aliphatic carbocycles. The Hall–Kier alpha value is -3.28. The predicted molar refractivity (Wildman–Crippen MR) is 110 cm³/mol. The lowest BCUT2D eigenvalue weighted by Gasteiger charge is -2.30. The first kappa shape index (κ1) is 20.5. The summed E-state index contributed by atoms with van der Waals surface area (Å²) >= 11 is 0. The van der Waals surface area contributed by atoms with E-state index in [-0.39, 0.29) is 23.1 Å². The van der Waals surface area contributed by atoms with Crippen LogP contribution in [0.3, 0.4) is 0 Å². The molecule has 0 bridgehead atoms. The zero-order valence-electron chi connectivity index (χ0n) is 16.6. The summed E-state index contributed by atoms with van der Waals surface area (Å²) in [6.45, 7) is 1.35. The van der Waals surface area contributed by atoms with E-state index in [1.807, 2.05) is 47.4 Å². The van der Waals surface area contributed by atoms with E-state index in [1.54, 1.807) is 6.07 Å². The first-order chi connectivity index (χ1) is 14.0. The smallest absolute Gasteiger partial charge is 0.342 e. The van der Waals surface area contributed by atoms with Crippen LogP contribution in [0, 0.1) is 5.92 Å². The van der Waals surface area contributed by atoms with E-state index >= 15 is 0 Å². The number of carbonyl (C=O) groups excluding carboxylic acids is 2. The fourth-order valence-corrected chi connectivity index (χ4v) is 3.49. The number of esters is 1. The molecule has 0 saturated carbocycles. The molecule has 152 valence electrons. The largest absolute Gasteiger partial charge is 0.507 e. The van der Waals surface area contributed by atoms with Crippen molar-refractivity contribution in [2.45, 2.75) is 12.8 Å². The van der Waals surface area contributed by atoms with Crippen molar-refractivity contribution >= 4 is 18.0 Å². The van der Waals surface area contributed by atoms with Gasteiger partial charge in [-0.2, -0.15) is 0 Å². The zero-order chi connectivity index (χ0) is 20.8. The van der Waals surface area contributed by atoms with Crippen LogP contribution in [0.4, 0.5) is 0 Å². The molecule has 2 aromatic rings. The number of amides is 1. The lowest BCUT2D eigenvalue weighted by atomic mass is 9.94. The molecular formula is C23H25NO5. The minimum atomic E-state index is -0.604. The molecule has 1 fully saturated rings. The van der Waals surface area contributed by atoms with Gasteiger partial charge in [0, 0.05) is 24.7 Å². The average Bonchev–Trinajstić information content (AvgIpc) is 2.77. The maximum Gasteiger partial charge on any atom is 0.342 e. The molecule has 6 nitrogen and oxygen atoms in total. The molecule has 29 heavy (non-hydrogen) atoms. The minimum absolute atomic E-state index is 0.0544. The number of piperidine rings is 1. The highest BCUT2D eigenvalue weighted by Gasteiger charge is 2.23. The Kier molecular flexibility index (Phi) is 6.54. The lowest BCUT2D eigenvalue weighted by molar-refractivity contribution is 0.0596. The van der Waals surface area contributed by atoms with Crippen LogP contribution in [0.1, 0.15) is 39.1 Å². The van der Waals surface area contributed by atoms with Crippen LogP contribution in [-0.4, -0.2) is 49.2 Å². The van der Waals surface area contributed by atoms with E-state index in [2.05, 4.69) is 0 Å². The lowest BCUT2D eigenvalue weighted by Crippen LogP contribution is -2.38. The van der Waals surface area contributed by atoms with Gasteiger partial charge < -0.3 is 19.5 Å². The van der Waals surface area contributed by atoms with E-state index in [4.69, 9.17) is 9.47 Å². The summed E-state index contributed by atoms with van der Waals surface area (Å²) in [5, 5.41) is 10.2. The second-order valence-electron chi connectivity index (χ2n) is 6.96. The summed E-state index contributed by atoms with van der Waals surface area (Å²) in [5.74, 6) is -0.00215. The molecule has 0 atom stereocenters. The Morgan fingerprint density at radius 2 is 1.79 bits per heavy atom. The molecule has 1 heterocycles. The number of phenolic OH excluding ortho intramolecular Hbond substituents is 1. The number of likely N-dealkylation sites (tertiary alicyclic amines) is 1. The van der Waals surface area contributed by atoms with Crippen LogP contribution in [0.2, 0.25) is 0 Å². The Bertz CT molecular complexity index is 899. The monoisotopic (exact) mass is 395 g/mol. The number of benzene rings is 2. The van der Waals surface area contributed by atoms with E-state index in [1.165, 1.54) is 20.3 Å². The first-order valence-corrected chi connectivity index (χ1v) is 9.55. The van der Waals surface area contributed by atoms with Crippen molar-refractivity contribution < 1.29 is 24.2 Å². The summed E-state index contributed by atoms with van der Waals surface area (Å²) in [5.41, 5.74) is 1.36. The fourth-order valence-electron chi connectivity index (χ4n) is 3.49. The Morgan fingerprint density at radius 1 is 1.10 bits per heavy atom. The van der Waals surface area contributed by atoms with Crippen molar-refractivity contribution in [3.8, 4) is 11.5 Å². The number of hydrogen-bond donors (Lipinski definition) is 1. The molecule has 0 aromatic heterocycles. The maximum atomic E-state index is 12.6. The Labute approximate surface area is 170 Å². The zero-order valence-corrected chi connectivity index (χ0v) is 16.6. The van der Waals surface area contributed by atoms with Gasteiger partial charge in [0.05, 0.1) is 14.2 Å². The molecule has 1 aliphatic rings. The normalized spacial score (nSPS) is 14.8. The van der Waals surface area contributed by atoms with E-state index in [0.29, 0.717) is 30.0 Å². The van der Waals surface area contributed by atoms with Crippen molar-refractivity contribution in [3.05, 3.63) is 65.2 Å². The predicted octanol–water partition coefficient (Wildman–Crippen LogP) is 3.75. The third-order valence-electron chi connectivity index (χ3n) is 5.14. The number of rotatable bonds is 5. The number of allylic oxidation sites excluding steroid dienone is 1. The molecule has 0 unspecified atom stereocenters. The summed E-state index contributed by atoms with van der Waals surface area (Å²) in [4.78, 5) is 26.5. The summed E-state index contributed by atoms with van der Waals surface area (Å²) in [6, 6.07) is 12.4. The average molecular weight is 395 g/mol. The second kappa shape index (κ2) is 9.28. The van der Waals surface area contributed by atoms with Gasteiger partial charge in [0.1, 0.15) is 17.1 Å². The molecule has 2 aromatic carbocycles. The van der Waals surface area contributed by atoms with Crippen molar-refractivity contribution in [2.24, 2.45) is 5.92 Å². The van der Waals surface area contributed by atoms with Gasteiger partial charge in [-0.1, -0.05) is 30.4 Å². The van der Waals surface area contributed by atoms with E-state index < -0.39 is 5.97 Å². The Balaban J connectivity index is 1.70. The van der Waals surface area contributed by atoms with Gasteiger partial charge in [0.15, 0.2) is 0 Å². The van der Waals surface area contributed by atoms with Crippen LogP contribution in [0.15, 0.2) is 48.5 Å². The molecule has 1 saturated heterocycles. The molecule has 1 aliphatic heterocycles. The van der Waals surface area contributed by atoms with Crippen molar-refractivity contribution in [1.82, 2.24) is 4.90 Å². The van der Waals surface area contributed by atoms with Crippen molar-refractivity contribution in [1.29, 1.82) is 0 Å². The van der Waals surface area contributed by atoms with Crippen molar-refractivity contribution in [2.75, 3.05) is 27.3 Å². The highest BCUT2D eigenvalue weighted by atomic mass is 16.5. The molecule has 3 rings (SSSR count). The van der Waals surface area contributed by atoms with Gasteiger partial charge in [-0.25, -0.2) is 4.79 Å². The van der Waals surface area contributed by atoms with Crippen LogP contribution < -0.4 is 4.74 Å². The van der Waals surface area contributed by atoms with Crippen molar-refractivity contribution in [3.63, 3.8) is 0 Å². The molecule has 1 N–H and O–H groups in total. The quantitative estimate of drug-likeness (QED) is 0.781. The highest BCUT2D eigenvalue weighted by Crippen LogP contribution is 2.30. The molecule has 1 amide bonds. The van der Waals surface area contributed by atoms with Crippen LogP contribution in [-0.2, 0) is 4.74 Å². The highest BCUT2D eigenvalue weighted by molar-refractivity contribution is 5.97. The number of phenols is 1. The van der Waals surface area contributed by atoms with Gasteiger partial charge in [-0.15, -0.1) is 0 Å². The van der Waals surface area contributed by atoms with Gasteiger partial charge >= 0.3 is 5.97 Å². The molecule has 0 spiro atoms. The number of ether oxygens (including phenoxy) is 2. The number of hydrogen-bond acceptors (Lipinski definition) is 5. The fraction of sp³-hybridized carbons (Fsp3) is 0.304. The van der Waals surface area contributed by atoms with Gasteiger partial charge in [-0.3, -0.25) is 4.79 Å². The van der Waals surface area contributed by atoms with Gasteiger partial charge in [0.25, 0.3) is 5.91 Å². The molecule has 6 heteroatoms. The SMILES string of the molecule is COC(=O)c1c(O)cc(OC)cc1/C=C/C1CCN(C(=O)c2ccccc2)CC1. The van der Waals surface area contributed by atoms with Gasteiger partial charge in [-0.05, 0) is 42.5 Å². The van der Waals surface area contributed by atoms with Crippen LogP contribution >= 0.6 is 0 Å². The molecule has 0 radical (unpaired) electrons. The van der Waals surface area contributed by atoms with Crippen LogP contribution in [0.25, 0.3) is 6.08 Å².